The lowest BCUT2D eigenvalue weighted by Gasteiger charge is -2.10. The molecule has 0 aliphatic heterocycles. The van der Waals surface area contributed by atoms with Crippen LogP contribution in [0.2, 0.25) is 0 Å². The monoisotopic (exact) mass is 431 g/mol. The second kappa shape index (κ2) is 9.33. The lowest BCUT2D eigenvalue weighted by molar-refractivity contribution is 0.396. The van der Waals surface area contributed by atoms with Gasteiger partial charge in [0.25, 0.3) is 0 Å². The van der Waals surface area contributed by atoms with Crippen molar-refractivity contribution in [3.05, 3.63) is 41.2 Å². The molecular formula is C15H22IN5O2. The molecule has 0 radical (unpaired) electrons. The molecule has 0 fully saturated rings. The number of aryl methyl sites for hydroxylation is 2. The molecule has 0 saturated carbocycles. The van der Waals surface area contributed by atoms with Crippen molar-refractivity contribution in [2.75, 3.05) is 14.2 Å². The second-order valence-electron chi connectivity index (χ2n) is 4.70. The summed E-state index contributed by atoms with van der Waals surface area (Å²) in [5, 5.41) is 6.33. The van der Waals surface area contributed by atoms with Gasteiger partial charge in [0.2, 0.25) is 11.8 Å². The minimum absolute atomic E-state index is 0. The fourth-order valence-corrected chi connectivity index (χ4v) is 1.84. The number of nitrogens with one attached hydrogen (secondary N) is 2. The second-order valence-corrected chi connectivity index (χ2v) is 4.70. The average molecular weight is 431 g/mol. The Balaban J connectivity index is 0.00000264. The number of aliphatic imine (C=N–C) groups is 1. The van der Waals surface area contributed by atoms with E-state index in [0.29, 0.717) is 30.8 Å². The van der Waals surface area contributed by atoms with E-state index in [1.54, 1.807) is 14.2 Å². The summed E-state index contributed by atoms with van der Waals surface area (Å²) in [6, 6.07) is 5.63. The van der Waals surface area contributed by atoms with Gasteiger partial charge < -0.3 is 19.8 Å². The highest BCUT2D eigenvalue weighted by atomic mass is 127. The SMILES string of the molecule is CN=C(NCc1cccc(OC)n1)NCc1nc(C)c(C)o1.I. The third kappa shape index (κ3) is 5.70. The van der Waals surface area contributed by atoms with E-state index in [0.717, 1.165) is 17.1 Å². The Morgan fingerprint density at radius 2 is 1.96 bits per heavy atom. The molecule has 2 aromatic rings. The van der Waals surface area contributed by atoms with Gasteiger partial charge in [-0.05, 0) is 19.9 Å². The molecule has 0 atom stereocenters. The van der Waals surface area contributed by atoms with Gasteiger partial charge in [-0.15, -0.1) is 24.0 Å². The summed E-state index contributed by atoms with van der Waals surface area (Å²) in [5.74, 6) is 2.71. The Morgan fingerprint density at radius 3 is 2.57 bits per heavy atom. The van der Waals surface area contributed by atoms with E-state index < -0.39 is 0 Å². The Labute approximate surface area is 153 Å². The van der Waals surface area contributed by atoms with Crippen LogP contribution in [0.4, 0.5) is 0 Å². The van der Waals surface area contributed by atoms with E-state index in [1.165, 1.54) is 0 Å². The minimum atomic E-state index is 0. The Hall–Kier alpha value is -1.84. The molecule has 126 valence electrons. The maximum atomic E-state index is 5.52. The van der Waals surface area contributed by atoms with Crippen LogP contribution >= 0.6 is 24.0 Å². The number of guanidine groups is 1. The zero-order chi connectivity index (χ0) is 15.9. The van der Waals surface area contributed by atoms with Gasteiger partial charge >= 0.3 is 0 Å². The summed E-state index contributed by atoms with van der Waals surface area (Å²) in [6.07, 6.45) is 0. The molecule has 0 saturated heterocycles. The van der Waals surface area contributed by atoms with Crippen molar-refractivity contribution >= 4 is 29.9 Å². The van der Waals surface area contributed by atoms with Crippen LogP contribution in [0.25, 0.3) is 0 Å². The van der Waals surface area contributed by atoms with Gasteiger partial charge in [0, 0.05) is 13.1 Å². The number of oxazole rings is 1. The standard InChI is InChI=1S/C15H21N5O2.HI/c1-10-11(2)22-14(19-10)9-18-15(16-3)17-8-12-6-5-7-13(20-12)21-4;/h5-7H,8-9H2,1-4H3,(H2,16,17,18);1H. The van der Waals surface area contributed by atoms with E-state index >= 15 is 0 Å². The summed E-state index contributed by atoms with van der Waals surface area (Å²) in [6.45, 7) is 4.83. The van der Waals surface area contributed by atoms with Gasteiger partial charge in [0.15, 0.2) is 5.96 Å². The molecule has 0 aliphatic rings. The molecule has 2 aromatic heterocycles. The molecule has 23 heavy (non-hydrogen) atoms. The topological polar surface area (TPSA) is 84.6 Å². The molecule has 0 amide bonds. The molecule has 0 aromatic carbocycles. The zero-order valence-corrected chi connectivity index (χ0v) is 16.0. The van der Waals surface area contributed by atoms with Crippen molar-refractivity contribution in [1.82, 2.24) is 20.6 Å². The van der Waals surface area contributed by atoms with E-state index in [-0.39, 0.29) is 24.0 Å². The van der Waals surface area contributed by atoms with Crippen LogP contribution in [0.1, 0.15) is 23.0 Å². The smallest absolute Gasteiger partial charge is 0.214 e. The van der Waals surface area contributed by atoms with E-state index in [9.17, 15) is 0 Å². The predicted octanol–water partition coefficient (Wildman–Crippen LogP) is 2.18. The lowest BCUT2D eigenvalue weighted by atomic mass is 10.3. The summed E-state index contributed by atoms with van der Waals surface area (Å²) >= 11 is 0. The molecule has 0 unspecified atom stereocenters. The highest BCUT2D eigenvalue weighted by Gasteiger charge is 2.06. The van der Waals surface area contributed by atoms with E-state index in [1.807, 2.05) is 32.0 Å². The fourth-order valence-electron chi connectivity index (χ4n) is 1.84. The number of hydrogen-bond acceptors (Lipinski definition) is 5. The number of halogens is 1. The van der Waals surface area contributed by atoms with Gasteiger partial charge in [-0.2, -0.15) is 0 Å². The average Bonchev–Trinajstić information content (AvgIpc) is 2.86. The predicted molar refractivity (Wildman–Crippen MR) is 99.2 cm³/mol. The number of rotatable bonds is 5. The van der Waals surface area contributed by atoms with Crippen LogP contribution in [0, 0.1) is 13.8 Å². The summed E-state index contributed by atoms with van der Waals surface area (Å²) in [7, 11) is 3.31. The van der Waals surface area contributed by atoms with Crippen molar-refractivity contribution in [3.63, 3.8) is 0 Å². The largest absolute Gasteiger partial charge is 0.481 e. The third-order valence-corrected chi connectivity index (χ3v) is 3.13. The number of hydrogen-bond donors (Lipinski definition) is 2. The first-order valence-corrected chi connectivity index (χ1v) is 6.99. The number of nitrogens with zero attached hydrogens (tertiary/aromatic N) is 3. The van der Waals surface area contributed by atoms with Gasteiger partial charge in [0.05, 0.1) is 31.6 Å². The Bertz CT molecular complexity index is 638. The van der Waals surface area contributed by atoms with Crippen LogP contribution in [0.5, 0.6) is 5.88 Å². The Morgan fingerprint density at radius 1 is 1.22 bits per heavy atom. The van der Waals surface area contributed by atoms with Crippen molar-refractivity contribution in [2.24, 2.45) is 4.99 Å². The molecule has 2 N–H and O–H groups in total. The molecule has 2 heterocycles. The zero-order valence-electron chi connectivity index (χ0n) is 13.7. The lowest BCUT2D eigenvalue weighted by Crippen LogP contribution is -2.36. The van der Waals surface area contributed by atoms with Crippen LogP contribution in [-0.4, -0.2) is 30.1 Å². The molecule has 0 spiro atoms. The van der Waals surface area contributed by atoms with Crippen molar-refractivity contribution in [1.29, 1.82) is 0 Å². The summed E-state index contributed by atoms with van der Waals surface area (Å²) in [5.41, 5.74) is 1.77. The van der Waals surface area contributed by atoms with Gasteiger partial charge in [-0.1, -0.05) is 6.07 Å². The van der Waals surface area contributed by atoms with Crippen LogP contribution < -0.4 is 15.4 Å². The number of aromatic nitrogens is 2. The first-order chi connectivity index (χ1) is 10.6. The van der Waals surface area contributed by atoms with Crippen LogP contribution in [0.15, 0.2) is 27.6 Å². The van der Waals surface area contributed by atoms with Crippen molar-refractivity contribution < 1.29 is 9.15 Å². The van der Waals surface area contributed by atoms with Gasteiger partial charge in [-0.25, -0.2) is 9.97 Å². The number of pyridine rings is 1. The van der Waals surface area contributed by atoms with Crippen molar-refractivity contribution in [2.45, 2.75) is 26.9 Å². The van der Waals surface area contributed by atoms with E-state index in [4.69, 9.17) is 9.15 Å². The van der Waals surface area contributed by atoms with Gasteiger partial charge in [0.1, 0.15) is 5.76 Å². The molecule has 2 rings (SSSR count). The number of methoxy groups -OCH3 is 1. The van der Waals surface area contributed by atoms with Crippen molar-refractivity contribution in [3.8, 4) is 5.88 Å². The third-order valence-electron chi connectivity index (χ3n) is 3.13. The summed E-state index contributed by atoms with van der Waals surface area (Å²) in [4.78, 5) is 12.8. The maximum absolute atomic E-state index is 5.52. The van der Waals surface area contributed by atoms with Gasteiger partial charge in [-0.3, -0.25) is 4.99 Å². The first-order valence-electron chi connectivity index (χ1n) is 6.99. The molecule has 8 heteroatoms. The van der Waals surface area contributed by atoms with E-state index in [2.05, 4.69) is 25.6 Å². The molecule has 0 bridgehead atoms. The highest BCUT2D eigenvalue weighted by Crippen LogP contribution is 2.08. The fraction of sp³-hybridized carbons (Fsp3) is 0.400. The first kappa shape index (κ1) is 19.2. The summed E-state index contributed by atoms with van der Waals surface area (Å²) < 4.78 is 10.6. The minimum Gasteiger partial charge on any atom is -0.481 e. The van der Waals surface area contributed by atoms with Crippen LogP contribution in [-0.2, 0) is 13.1 Å². The maximum Gasteiger partial charge on any atom is 0.214 e. The normalized spacial score (nSPS) is 10.9. The van der Waals surface area contributed by atoms with Crippen LogP contribution in [0.3, 0.4) is 0 Å². The molecule has 0 aliphatic carbocycles. The quantitative estimate of drug-likeness (QED) is 0.429. The number of ether oxygens (including phenoxy) is 1. The molecule has 7 nitrogen and oxygen atoms in total. The molecular weight excluding hydrogens is 409 g/mol. The highest BCUT2D eigenvalue weighted by molar-refractivity contribution is 14.0. The Kier molecular flexibility index (Phi) is 7.79.